The van der Waals surface area contributed by atoms with Crippen molar-refractivity contribution in [1.82, 2.24) is 10.3 Å². The molecule has 0 aliphatic heterocycles. The third kappa shape index (κ3) is 2.54. The van der Waals surface area contributed by atoms with Gasteiger partial charge in [-0.25, -0.2) is 0 Å². The summed E-state index contributed by atoms with van der Waals surface area (Å²) in [6, 6.07) is 13.1. The SMILES string of the molecule is COc1cccc([C@@H](C)NC2CCc3cccnc32)c1. The van der Waals surface area contributed by atoms with E-state index in [-0.39, 0.29) is 6.04 Å². The van der Waals surface area contributed by atoms with Crippen molar-refractivity contribution < 1.29 is 4.74 Å². The molecule has 0 saturated heterocycles. The molecule has 1 heterocycles. The van der Waals surface area contributed by atoms with E-state index in [0.29, 0.717) is 6.04 Å². The molecule has 1 aromatic carbocycles. The van der Waals surface area contributed by atoms with Gasteiger partial charge >= 0.3 is 0 Å². The monoisotopic (exact) mass is 268 g/mol. The maximum Gasteiger partial charge on any atom is 0.119 e. The van der Waals surface area contributed by atoms with Crippen molar-refractivity contribution in [3.05, 3.63) is 59.4 Å². The van der Waals surface area contributed by atoms with Gasteiger partial charge in [0.15, 0.2) is 0 Å². The Balaban J connectivity index is 1.75. The van der Waals surface area contributed by atoms with Crippen molar-refractivity contribution >= 4 is 0 Å². The van der Waals surface area contributed by atoms with E-state index in [2.05, 4.69) is 35.4 Å². The lowest BCUT2D eigenvalue weighted by Crippen LogP contribution is -2.23. The first-order valence-corrected chi connectivity index (χ1v) is 7.11. The van der Waals surface area contributed by atoms with Gasteiger partial charge in [0, 0.05) is 12.2 Å². The molecule has 0 saturated carbocycles. The molecule has 0 amide bonds. The maximum atomic E-state index is 5.29. The van der Waals surface area contributed by atoms with E-state index in [4.69, 9.17) is 4.74 Å². The third-order valence-corrected chi connectivity index (χ3v) is 4.00. The minimum Gasteiger partial charge on any atom is -0.497 e. The second kappa shape index (κ2) is 5.63. The number of fused-ring (bicyclic) bond motifs is 1. The van der Waals surface area contributed by atoms with Crippen LogP contribution in [0.1, 0.15) is 42.2 Å². The fourth-order valence-electron chi connectivity index (χ4n) is 2.88. The van der Waals surface area contributed by atoms with Crippen LogP contribution < -0.4 is 10.1 Å². The fourth-order valence-corrected chi connectivity index (χ4v) is 2.88. The van der Waals surface area contributed by atoms with Gasteiger partial charge in [0.1, 0.15) is 5.75 Å². The Kier molecular flexibility index (Phi) is 3.70. The van der Waals surface area contributed by atoms with E-state index in [9.17, 15) is 0 Å². The molecule has 3 nitrogen and oxygen atoms in total. The number of aromatic nitrogens is 1. The summed E-state index contributed by atoms with van der Waals surface area (Å²) in [4.78, 5) is 4.53. The summed E-state index contributed by atoms with van der Waals surface area (Å²) < 4.78 is 5.29. The van der Waals surface area contributed by atoms with Crippen LogP contribution in [0.15, 0.2) is 42.6 Å². The first kappa shape index (κ1) is 13.1. The third-order valence-electron chi connectivity index (χ3n) is 4.00. The molecule has 1 aromatic heterocycles. The molecule has 3 rings (SSSR count). The average Bonchev–Trinajstić information content (AvgIpc) is 2.90. The number of pyridine rings is 1. The number of methoxy groups -OCH3 is 1. The minimum absolute atomic E-state index is 0.281. The zero-order chi connectivity index (χ0) is 13.9. The number of nitrogens with zero attached hydrogens (tertiary/aromatic N) is 1. The number of hydrogen-bond acceptors (Lipinski definition) is 3. The lowest BCUT2D eigenvalue weighted by Gasteiger charge is -2.20. The van der Waals surface area contributed by atoms with Gasteiger partial charge in [0.2, 0.25) is 0 Å². The van der Waals surface area contributed by atoms with Crippen molar-refractivity contribution in [2.75, 3.05) is 7.11 Å². The number of hydrogen-bond donors (Lipinski definition) is 1. The van der Waals surface area contributed by atoms with Crippen LogP contribution in [0, 0.1) is 0 Å². The zero-order valence-corrected chi connectivity index (χ0v) is 12.0. The maximum absolute atomic E-state index is 5.29. The van der Waals surface area contributed by atoms with Crippen LogP contribution in [0.3, 0.4) is 0 Å². The number of aryl methyl sites for hydroxylation is 1. The average molecular weight is 268 g/mol. The molecule has 2 atom stereocenters. The van der Waals surface area contributed by atoms with Crippen LogP contribution in [0.2, 0.25) is 0 Å². The van der Waals surface area contributed by atoms with Crippen LogP contribution in [0.25, 0.3) is 0 Å². The predicted molar refractivity (Wildman–Crippen MR) is 79.8 cm³/mol. The topological polar surface area (TPSA) is 34.1 Å². The van der Waals surface area contributed by atoms with Crippen molar-refractivity contribution in [2.45, 2.75) is 31.8 Å². The van der Waals surface area contributed by atoms with Gasteiger partial charge < -0.3 is 10.1 Å². The molecule has 0 spiro atoms. The summed E-state index contributed by atoms with van der Waals surface area (Å²) >= 11 is 0. The summed E-state index contributed by atoms with van der Waals surface area (Å²) in [6.07, 6.45) is 4.13. The van der Waals surface area contributed by atoms with E-state index in [1.807, 2.05) is 24.4 Å². The molecule has 20 heavy (non-hydrogen) atoms. The van der Waals surface area contributed by atoms with E-state index >= 15 is 0 Å². The normalized spacial score (nSPS) is 18.6. The van der Waals surface area contributed by atoms with Gasteiger partial charge in [-0.3, -0.25) is 4.98 Å². The molecule has 1 aliphatic carbocycles. The lowest BCUT2D eigenvalue weighted by atomic mass is 10.1. The van der Waals surface area contributed by atoms with Crippen LogP contribution in [-0.4, -0.2) is 12.1 Å². The fraction of sp³-hybridized carbons (Fsp3) is 0.353. The summed E-state index contributed by atoms with van der Waals surface area (Å²) in [5, 5.41) is 3.68. The quantitative estimate of drug-likeness (QED) is 0.922. The second-order valence-corrected chi connectivity index (χ2v) is 5.30. The van der Waals surface area contributed by atoms with E-state index in [1.54, 1.807) is 7.11 Å². The predicted octanol–water partition coefficient (Wildman–Crippen LogP) is 3.43. The molecule has 1 aliphatic rings. The lowest BCUT2D eigenvalue weighted by molar-refractivity contribution is 0.411. The van der Waals surface area contributed by atoms with Gasteiger partial charge in [0.05, 0.1) is 18.8 Å². The van der Waals surface area contributed by atoms with Gasteiger partial charge in [-0.1, -0.05) is 18.2 Å². The van der Waals surface area contributed by atoms with Gasteiger partial charge in [-0.15, -0.1) is 0 Å². The van der Waals surface area contributed by atoms with Gasteiger partial charge in [-0.2, -0.15) is 0 Å². The van der Waals surface area contributed by atoms with Gasteiger partial charge in [0.25, 0.3) is 0 Å². The van der Waals surface area contributed by atoms with E-state index in [1.165, 1.54) is 16.8 Å². The Morgan fingerprint density at radius 1 is 1.30 bits per heavy atom. The second-order valence-electron chi connectivity index (χ2n) is 5.30. The smallest absolute Gasteiger partial charge is 0.119 e. The molecule has 2 aromatic rings. The highest BCUT2D eigenvalue weighted by Gasteiger charge is 2.24. The van der Waals surface area contributed by atoms with Crippen molar-refractivity contribution in [3.8, 4) is 5.75 Å². The van der Waals surface area contributed by atoms with Crippen LogP contribution in [-0.2, 0) is 6.42 Å². The Labute approximate surface area is 120 Å². The first-order valence-electron chi connectivity index (χ1n) is 7.11. The number of nitrogens with one attached hydrogen (secondary N) is 1. The molecule has 3 heteroatoms. The summed E-state index contributed by atoms with van der Waals surface area (Å²) in [7, 11) is 1.70. The number of benzene rings is 1. The first-order chi connectivity index (χ1) is 9.78. The van der Waals surface area contributed by atoms with E-state index < -0.39 is 0 Å². The van der Waals surface area contributed by atoms with Crippen LogP contribution >= 0.6 is 0 Å². The highest BCUT2D eigenvalue weighted by Crippen LogP contribution is 2.31. The highest BCUT2D eigenvalue weighted by molar-refractivity contribution is 5.32. The van der Waals surface area contributed by atoms with Crippen LogP contribution in [0.5, 0.6) is 5.75 Å². The Bertz CT molecular complexity index is 597. The van der Waals surface area contributed by atoms with Crippen molar-refractivity contribution in [1.29, 1.82) is 0 Å². The molecule has 0 fully saturated rings. The minimum atomic E-state index is 0.281. The van der Waals surface area contributed by atoms with E-state index in [0.717, 1.165) is 18.6 Å². The summed E-state index contributed by atoms with van der Waals surface area (Å²) in [6.45, 7) is 2.19. The Hall–Kier alpha value is -1.87. The Morgan fingerprint density at radius 2 is 2.20 bits per heavy atom. The molecule has 104 valence electrons. The van der Waals surface area contributed by atoms with Gasteiger partial charge in [-0.05, 0) is 49.1 Å². The molecular weight excluding hydrogens is 248 g/mol. The highest BCUT2D eigenvalue weighted by atomic mass is 16.5. The molecule has 0 bridgehead atoms. The summed E-state index contributed by atoms with van der Waals surface area (Å²) in [5.41, 5.74) is 3.83. The van der Waals surface area contributed by atoms with Crippen LogP contribution in [0.4, 0.5) is 0 Å². The zero-order valence-electron chi connectivity index (χ0n) is 12.0. The number of ether oxygens (including phenoxy) is 1. The molecule has 1 N–H and O–H groups in total. The molecule has 1 unspecified atom stereocenters. The molecular formula is C17H20N2O. The number of rotatable bonds is 4. The van der Waals surface area contributed by atoms with Crippen molar-refractivity contribution in [2.24, 2.45) is 0 Å². The summed E-state index contributed by atoms with van der Waals surface area (Å²) in [5.74, 6) is 0.904. The molecule has 0 radical (unpaired) electrons. The van der Waals surface area contributed by atoms with Crippen molar-refractivity contribution in [3.63, 3.8) is 0 Å². The largest absolute Gasteiger partial charge is 0.497 e. The Morgan fingerprint density at radius 3 is 3.05 bits per heavy atom. The standard InChI is InChI=1S/C17H20N2O/c1-12(14-5-3-7-15(11-14)20-2)19-16-9-8-13-6-4-10-18-17(13)16/h3-7,10-12,16,19H,8-9H2,1-2H3/t12-,16?/m1/s1.